The van der Waals surface area contributed by atoms with E-state index in [-0.39, 0.29) is 0 Å². The molecule has 1 fully saturated rings. The van der Waals surface area contributed by atoms with Gasteiger partial charge in [0, 0.05) is 51.8 Å². The molecule has 1 atom stereocenters. The van der Waals surface area contributed by atoms with Crippen LogP contribution in [0.25, 0.3) is 0 Å². The lowest BCUT2D eigenvalue weighted by Crippen LogP contribution is -2.27. The van der Waals surface area contributed by atoms with E-state index in [1.54, 1.807) is 24.8 Å². The summed E-state index contributed by atoms with van der Waals surface area (Å²) < 4.78 is 0. The molecule has 0 amide bonds. The molecule has 3 heterocycles. The van der Waals surface area contributed by atoms with E-state index in [4.69, 9.17) is 0 Å². The number of nitrogens with zero attached hydrogens (tertiary/aromatic N) is 6. The Bertz CT molecular complexity index is 587. The van der Waals surface area contributed by atoms with Gasteiger partial charge in [-0.15, -0.1) is 0 Å². The minimum Gasteiger partial charge on any atom is -0.365 e. The van der Waals surface area contributed by atoms with Crippen LogP contribution >= 0.6 is 0 Å². The van der Waals surface area contributed by atoms with Crippen LogP contribution in [0.4, 0.5) is 17.6 Å². The Hall–Kier alpha value is -2.44. The first-order valence-electron chi connectivity index (χ1n) is 7.00. The molecule has 7 heteroatoms. The summed E-state index contributed by atoms with van der Waals surface area (Å²) in [5, 5.41) is 3.47. The Labute approximate surface area is 124 Å². The summed E-state index contributed by atoms with van der Waals surface area (Å²) in [7, 11) is 3.87. The lowest BCUT2D eigenvalue weighted by atomic mass is 10.2. The summed E-state index contributed by atoms with van der Waals surface area (Å²) in [6.07, 6.45) is 8.05. The number of hydrogen-bond acceptors (Lipinski definition) is 7. The lowest BCUT2D eigenvalue weighted by molar-refractivity contribution is 0.797. The number of anilines is 3. The molecule has 2 aromatic rings. The van der Waals surface area contributed by atoms with E-state index in [1.165, 1.54) is 0 Å². The maximum absolute atomic E-state index is 4.49. The van der Waals surface area contributed by atoms with Gasteiger partial charge in [-0.05, 0) is 12.5 Å². The van der Waals surface area contributed by atoms with Gasteiger partial charge in [-0.3, -0.25) is 4.98 Å². The van der Waals surface area contributed by atoms with E-state index in [0.717, 1.165) is 31.1 Å². The third kappa shape index (κ3) is 3.18. The normalized spacial score (nSPS) is 17.8. The highest BCUT2D eigenvalue weighted by atomic mass is 15.3. The molecular formula is C14H19N7. The highest BCUT2D eigenvalue weighted by Crippen LogP contribution is 2.19. The lowest BCUT2D eigenvalue weighted by Gasteiger charge is -2.18. The van der Waals surface area contributed by atoms with Crippen molar-refractivity contribution >= 4 is 17.6 Å². The zero-order valence-corrected chi connectivity index (χ0v) is 12.3. The van der Waals surface area contributed by atoms with E-state index < -0.39 is 0 Å². The molecule has 1 unspecified atom stereocenters. The highest BCUT2D eigenvalue weighted by Gasteiger charge is 2.23. The van der Waals surface area contributed by atoms with Gasteiger partial charge in [-0.25, -0.2) is 9.97 Å². The maximum atomic E-state index is 4.49. The van der Waals surface area contributed by atoms with Crippen LogP contribution in [-0.2, 0) is 0 Å². The summed E-state index contributed by atoms with van der Waals surface area (Å²) in [5.74, 6) is 2.50. The largest absolute Gasteiger partial charge is 0.365 e. The van der Waals surface area contributed by atoms with Crippen LogP contribution in [0.3, 0.4) is 0 Å². The van der Waals surface area contributed by atoms with Crippen LogP contribution in [0.5, 0.6) is 0 Å². The number of hydrogen-bond donors (Lipinski definition) is 1. The first kappa shape index (κ1) is 13.5. The van der Waals surface area contributed by atoms with Gasteiger partial charge in [0.15, 0.2) is 0 Å². The Kier molecular flexibility index (Phi) is 3.81. The second-order valence-corrected chi connectivity index (χ2v) is 5.28. The fourth-order valence-electron chi connectivity index (χ4n) is 2.39. The molecule has 0 aromatic carbocycles. The molecule has 0 saturated carbocycles. The van der Waals surface area contributed by atoms with Crippen molar-refractivity contribution in [2.24, 2.45) is 0 Å². The average Bonchev–Trinajstić information content (AvgIpc) is 2.97. The van der Waals surface area contributed by atoms with Crippen LogP contribution in [-0.4, -0.2) is 53.2 Å². The molecule has 0 spiro atoms. The number of aromatic nitrogens is 4. The minimum atomic E-state index is 0.358. The minimum absolute atomic E-state index is 0.358. The van der Waals surface area contributed by atoms with Gasteiger partial charge in [-0.2, -0.15) is 4.98 Å². The van der Waals surface area contributed by atoms with Gasteiger partial charge in [0.1, 0.15) is 11.6 Å². The van der Waals surface area contributed by atoms with E-state index in [2.05, 4.69) is 30.2 Å². The van der Waals surface area contributed by atoms with Gasteiger partial charge in [-0.1, -0.05) is 0 Å². The van der Waals surface area contributed by atoms with Crippen LogP contribution in [0.15, 0.2) is 30.9 Å². The van der Waals surface area contributed by atoms with Gasteiger partial charge < -0.3 is 15.1 Å². The fourth-order valence-corrected chi connectivity index (χ4v) is 2.39. The first-order valence-corrected chi connectivity index (χ1v) is 7.00. The highest BCUT2D eigenvalue weighted by molar-refractivity contribution is 5.44. The smallest absolute Gasteiger partial charge is 0.226 e. The zero-order valence-electron chi connectivity index (χ0n) is 12.3. The van der Waals surface area contributed by atoms with Crippen molar-refractivity contribution < 1.29 is 0 Å². The van der Waals surface area contributed by atoms with Crippen molar-refractivity contribution in [2.45, 2.75) is 12.5 Å². The van der Waals surface area contributed by atoms with Gasteiger partial charge >= 0.3 is 0 Å². The predicted octanol–water partition coefficient (Wildman–Crippen LogP) is 1.02. The molecule has 1 saturated heterocycles. The summed E-state index contributed by atoms with van der Waals surface area (Å²) >= 11 is 0. The summed E-state index contributed by atoms with van der Waals surface area (Å²) in [6.45, 7) is 1.88. The maximum Gasteiger partial charge on any atom is 0.226 e. The summed E-state index contributed by atoms with van der Waals surface area (Å²) in [6, 6.07) is 2.26. The molecule has 3 rings (SSSR count). The van der Waals surface area contributed by atoms with Crippen molar-refractivity contribution in [3.63, 3.8) is 0 Å². The van der Waals surface area contributed by atoms with E-state index >= 15 is 0 Å². The SMILES string of the molecule is CN(C)c1nccc(NC2CCN(c3cnccn3)C2)n1. The summed E-state index contributed by atoms with van der Waals surface area (Å²) in [4.78, 5) is 21.3. The van der Waals surface area contributed by atoms with E-state index in [1.807, 2.05) is 25.1 Å². The molecule has 110 valence electrons. The average molecular weight is 285 g/mol. The topological polar surface area (TPSA) is 70.1 Å². The van der Waals surface area contributed by atoms with E-state index in [9.17, 15) is 0 Å². The first-order chi connectivity index (χ1) is 10.2. The van der Waals surface area contributed by atoms with Gasteiger partial charge in [0.25, 0.3) is 0 Å². The predicted molar refractivity (Wildman–Crippen MR) is 82.6 cm³/mol. The van der Waals surface area contributed by atoms with Crippen LogP contribution in [0.2, 0.25) is 0 Å². The van der Waals surface area contributed by atoms with Crippen molar-refractivity contribution in [1.29, 1.82) is 0 Å². The molecule has 1 aliphatic rings. The molecule has 2 aromatic heterocycles. The molecule has 0 radical (unpaired) electrons. The Morgan fingerprint density at radius 1 is 1.24 bits per heavy atom. The van der Waals surface area contributed by atoms with Crippen LogP contribution < -0.4 is 15.1 Å². The standard InChI is InChI=1S/C14H19N7/c1-20(2)14-17-5-3-12(19-14)18-11-4-8-21(10-11)13-9-15-6-7-16-13/h3,5-7,9,11H,4,8,10H2,1-2H3,(H,17,18,19). The van der Waals surface area contributed by atoms with Gasteiger partial charge in [0.05, 0.1) is 6.20 Å². The van der Waals surface area contributed by atoms with Crippen LogP contribution in [0.1, 0.15) is 6.42 Å². The Morgan fingerprint density at radius 3 is 2.90 bits per heavy atom. The Morgan fingerprint density at radius 2 is 2.14 bits per heavy atom. The quantitative estimate of drug-likeness (QED) is 0.899. The fraction of sp³-hybridized carbons (Fsp3) is 0.429. The second-order valence-electron chi connectivity index (χ2n) is 5.28. The molecule has 0 bridgehead atoms. The van der Waals surface area contributed by atoms with Crippen molar-refractivity contribution in [2.75, 3.05) is 42.3 Å². The number of rotatable bonds is 4. The molecule has 21 heavy (non-hydrogen) atoms. The molecule has 1 N–H and O–H groups in total. The van der Waals surface area contributed by atoms with E-state index in [0.29, 0.717) is 12.0 Å². The summed E-state index contributed by atoms with van der Waals surface area (Å²) in [5.41, 5.74) is 0. The second kappa shape index (κ2) is 5.90. The monoisotopic (exact) mass is 285 g/mol. The molecule has 1 aliphatic heterocycles. The van der Waals surface area contributed by atoms with Crippen LogP contribution in [0, 0.1) is 0 Å². The molecule has 7 nitrogen and oxygen atoms in total. The van der Waals surface area contributed by atoms with Crippen molar-refractivity contribution in [3.8, 4) is 0 Å². The molecule has 0 aliphatic carbocycles. The van der Waals surface area contributed by atoms with Crippen molar-refractivity contribution in [3.05, 3.63) is 30.9 Å². The van der Waals surface area contributed by atoms with Gasteiger partial charge in [0.2, 0.25) is 5.95 Å². The van der Waals surface area contributed by atoms with Crippen molar-refractivity contribution in [1.82, 2.24) is 19.9 Å². The molecular weight excluding hydrogens is 266 g/mol. The Balaban J connectivity index is 1.63. The zero-order chi connectivity index (χ0) is 14.7. The third-order valence-corrected chi connectivity index (χ3v) is 3.46. The third-order valence-electron chi connectivity index (χ3n) is 3.46. The number of nitrogens with one attached hydrogen (secondary N) is 1.